The highest BCUT2D eigenvalue weighted by molar-refractivity contribution is 6.30. The van der Waals surface area contributed by atoms with Crippen LogP contribution in [0, 0.1) is 0 Å². The van der Waals surface area contributed by atoms with Gasteiger partial charge in [0, 0.05) is 29.7 Å². The molecular formula is C20H21ClF2N2O. The second-order valence-corrected chi connectivity index (χ2v) is 7.12. The minimum Gasteiger partial charge on any atom is -0.342 e. The number of nitrogens with two attached hydrogens (primary N) is 1. The highest BCUT2D eigenvalue weighted by atomic mass is 35.5. The van der Waals surface area contributed by atoms with Crippen LogP contribution < -0.4 is 5.73 Å². The molecule has 0 aliphatic carbocycles. The Balaban J connectivity index is 1.68. The Morgan fingerprint density at radius 1 is 1.04 bits per heavy atom. The molecule has 3 rings (SSSR count). The molecule has 2 aromatic carbocycles. The number of carbonyl (C=O) groups excluding carboxylic acids is 1. The number of likely N-dealkylation sites (tertiary alicyclic amines) is 1. The van der Waals surface area contributed by atoms with E-state index < -0.39 is 18.3 Å². The summed E-state index contributed by atoms with van der Waals surface area (Å²) in [5.41, 5.74) is 7.35. The lowest BCUT2D eigenvalue weighted by Crippen LogP contribution is -2.44. The van der Waals surface area contributed by atoms with Crippen molar-refractivity contribution in [3.8, 4) is 11.1 Å². The van der Waals surface area contributed by atoms with Crippen molar-refractivity contribution in [1.29, 1.82) is 0 Å². The summed E-state index contributed by atoms with van der Waals surface area (Å²) in [6.45, 7) is 0.900. The second kappa shape index (κ2) is 7.72. The van der Waals surface area contributed by atoms with Gasteiger partial charge in [-0.25, -0.2) is 8.78 Å². The first kappa shape index (κ1) is 18.8. The number of benzene rings is 2. The van der Waals surface area contributed by atoms with Crippen LogP contribution in [-0.4, -0.2) is 29.9 Å². The van der Waals surface area contributed by atoms with Gasteiger partial charge in [0.25, 0.3) is 5.92 Å². The Morgan fingerprint density at radius 2 is 1.54 bits per heavy atom. The number of alkyl halides is 2. The van der Waals surface area contributed by atoms with E-state index in [2.05, 4.69) is 0 Å². The lowest BCUT2D eigenvalue weighted by atomic mass is 9.99. The van der Waals surface area contributed by atoms with Gasteiger partial charge >= 0.3 is 0 Å². The summed E-state index contributed by atoms with van der Waals surface area (Å²) in [5.74, 6) is -3.72. The van der Waals surface area contributed by atoms with Crippen LogP contribution in [-0.2, 0) is 10.7 Å². The first-order valence-corrected chi connectivity index (χ1v) is 9.00. The fourth-order valence-electron chi connectivity index (χ4n) is 3.10. The molecule has 0 aromatic heterocycles. The molecule has 2 N–H and O–H groups in total. The molecule has 0 spiro atoms. The molecule has 0 unspecified atom stereocenters. The van der Waals surface area contributed by atoms with E-state index in [1.807, 2.05) is 12.1 Å². The fraction of sp³-hybridized carbons (Fsp3) is 0.350. The molecule has 6 heteroatoms. The van der Waals surface area contributed by atoms with Gasteiger partial charge in [0.15, 0.2) is 0 Å². The summed E-state index contributed by atoms with van der Waals surface area (Å²) in [4.78, 5) is 13.7. The summed E-state index contributed by atoms with van der Waals surface area (Å²) < 4.78 is 29.1. The Morgan fingerprint density at radius 3 is 2.08 bits per heavy atom. The number of hydrogen-bond donors (Lipinski definition) is 1. The van der Waals surface area contributed by atoms with Crippen LogP contribution in [0.1, 0.15) is 24.8 Å². The standard InChI is InChI=1S/C20H21ClF2N2O/c21-17-7-3-15(4-8-17)14-1-5-16(6-2-14)20(22,23)13-19(26)25-11-9-18(24)10-12-25/h1-8,18H,9-13,24H2. The van der Waals surface area contributed by atoms with Crippen LogP contribution in [0.5, 0.6) is 0 Å². The summed E-state index contributed by atoms with van der Waals surface area (Å²) in [5, 5.41) is 0.620. The van der Waals surface area contributed by atoms with E-state index >= 15 is 0 Å². The fourth-order valence-corrected chi connectivity index (χ4v) is 3.23. The van der Waals surface area contributed by atoms with Gasteiger partial charge in [-0.05, 0) is 36.1 Å². The van der Waals surface area contributed by atoms with Crippen LogP contribution in [0.25, 0.3) is 11.1 Å². The maximum atomic E-state index is 14.5. The predicted octanol–water partition coefficient (Wildman–Crippen LogP) is 4.44. The lowest BCUT2D eigenvalue weighted by Gasteiger charge is -2.31. The number of carbonyl (C=O) groups is 1. The number of amides is 1. The Hall–Kier alpha value is -1.98. The van der Waals surface area contributed by atoms with Gasteiger partial charge in [-0.1, -0.05) is 48.0 Å². The van der Waals surface area contributed by atoms with Crippen molar-refractivity contribution < 1.29 is 13.6 Å². The van der Waals surface area contributed by atoms with E-state index in [9.17, 15) is 13.6 Å². The number of rotatable bonds is 4. The van der Waals surface area contributed by atoms with Gasteiger partial charge in [-0.3, -0.25) is 4.79 Å². The third-order valence-corrected chi connectivity index (χ3v) is 5.00. The minimum atomic E-state index is -3.20. The first-order valence-electron chi connectivity index (χ1n) is 8.63. The Bertz CT molecular complexity index is 754. The van der Waals surface area contributed by atoms with Gasteiger partial charge in [0.1, 0.15) is 0 Å². The Kier molecular flexibility index (Phi) is 5.58. The van der Waals surface area contributed by atoms with Crippen LogP contribution >= 0.6 is 11.6 Å². The molecule has 1 amide bonds. The first-order chi connectivity index (χ1) is 12.3. The molecule has 3 nitrogen and oxygen atoms in total. The van der Waals surface area contributed by atoms with Gasteiger partial charge in [0.2, 0.25) is 5.91 Å². The van der Waals surface area contributed by atoms with Gasteiger partial charge < -0.3 is 10.6 Å². The summed E-state index contributed by atoms with van der Waals surface area (Å²) in [6.07, 6.45) is 0.503. The minimum absolute atomic E-state index is 0.0555. The van der Waals surface area contributed by atoms with Crippen LogP contribution in [0.2, 0.25) is 5.02 Å². The Labute approximate surface area is 156 Å². The summed E-state index contributed by atoms with van der Waals surface area (Å²) >= 11 is 5.86. The molecule has 1 aliphatic rings. The number of piperidine rings is 1. The van der Waals surface area contributed by atoms with Gasteiger partial charge in [0.05, 0.1) is 6.42 Å². The molecular weight excluding hydrogens is 358 g/mol. The van der Waals surface area contributed by atoms with E-state index in [0.717, 1.165) is 11.1 Å². The molecule has 138 valence electrons. The molecule has 26 heavy (non-hydrogen) atoms. The number of hydrogen-bond acceptors (Lipinski definition) is 2. The molecule has 2 aromatic rings. The zero-order chi connectivity index (χ0) is 18.7. The molecule has 0 radical (unpaired) electrons. The van der Waals surface area contributed by atoms with Crippen molar-refractivity contribution in [1.82, 2.24) is 4.90 Å². The SMILES string of the molecule is NC1CCN(C(=O)CC(F)(F)c2ccc(-c3ccc(Cl)cc3)cc2)CC1. The zero-order valence-corrected chi connectivity index (χ0v) is 15.1. The third-order valence-electron chi connectivity index (χ3n) is 4.75. The average molecular weight is 379 g/mol. The van der Waals surface area contributed by atoms with Crippen molar-refractivity contribution in [3.63, 3.8) is 0 Å². The summed E-state index contributed by atoms with van der Waals surface area (Å²) in [6, 6.07) is 13.3. The molecule has 1 saturated heterocycles. The molecule has 1 aliphatic heterocycles. The average Bonchev–Trinajstić information content (AvgIpc) is 2.62. The molecule has 1 fully saturated rings. The largest absolute Gasteiger partial charge is 0.342 e. The highest BCUT2D eigenvalue weighted by Gasteiger charge is 2.36. The van der Waals surface area contributed by atoms with E-state index in [1.54, 1.807) is 24.3 Å². The van der Waals surface area contributed by atoms with E-state index in [4.69, 9.17) is 17.3 Å². The van der Waals surface area contributed by atoms with E-state index in [1.165, 1.54) is 17.0 Å². The molecule has 0 bridgehead atoms. The van der Waals surface area contributed by atoms with Crippen molar-refractivity contribution >= 4 is 17.5 Å². The van der Waals surface area contributed by atoms with Crippen LogP contribution in [0.4, 0.5) is 8.78 Å². The lowest BCUT2D eigenvalue weighted by molar-refractivity contribution is -0.140. The summed E-state index contributed by atoms with van der Waals surface area (Å²) in [7, 11) is 0. The monoisotopic (exact) mass is 378 g/mol. The van der Waals surface area contributed by atoms with Crippen LogP contribution in [0.15, 0.2) is 48.5 Å². The molecule has 0 atom stereocenters. The van der Waals surface area contributed by atoms with Crippen molar-refractivity contribution in [2.75, 3.05) is 13.1 Å². The quantitative estimate of drug-likeness (QED) is 0.855. The topological polar surface area (TPSA) is 46.3 Å². The maximum absolute atomic E-state index is 14.5. The van der Waals surface area contributed by atoms with E-state index in [-0.39, 0.29) is 11.6 Å². The number of halogens is 3. The second-order valence-electron chi connectivity index (χ2n) is 6.68. The third kappa shape index (κ3) is 4.40. The highest BCUT2D eigenvalue weighted by Crippen LogP contribution is 2.34. The smallest absolute Gasteiger partial charge is 0.281 e. The number of nitrogens with zero attached hydrogens (tertiary/aromatic N) is 1. The van der Waals surface area contributed by atoms with Crippen molar-refractivity contribution in [2.24, 2.45) is 5.73 Å². The predicted molar refractivity (Wildman–Crippen MR) is 99.2 cm³/mol. The molecule has 0 saturated carbocycles. The maximum Gasteiger partial charge on any atom is 0.281 e. The van der Waals surface area contributed by atoms with Crippen LogP contribution in [0.3, 0.4) is 0 Å². The normalized spacial score (nSPS) is 15.9. The van der Waals surface area contributed by atoms with Crippen molar-refractivity contribution in [3.05, 3.63) is 59.1 Å². The zero-order valence-electron chi connectivity index (χ0n) is 14.3. The van der Waals surface area contributed by atoms with Gasteiger partial charge in [-0.15, -0.1) is 0 Å². The molecule has 1 heterocycles. The van der Waals surface area contributed by atoms with E-state index in [0.29, 0.717) is 31.0 Å². The van der Waals surface area contributed by atoms with Gasteiger partial charge in [-0.2, -0.15) is 0 Å². The van der Waals surface area contributed by atoms with Crippen molar-refractivity contribution in [2.45, 2.75) is 31.2 Å².